The molecule has 0 amide bonds. The summed E-state index contributed by atoms with van der Waals surface area (Å²) in [5.41, 5.74) is 8.21. The number of nitrogens with two attached hydrogens (primary N) is 1. The van der Waals surface area contributed by atoms with Crippen LogP contribution in [0.25, 0.3) is 0 Å². The summed E-state index contributed by atoms with van der Waals surface area (Å²) in [6.45, 7) is 3.41. The predicted octanol–water partition coefficient (Wildman–Crippen LogP) is 2.93. The molecule has 0 bridgehead atoms. The van der Waals surface area contributed by atoms with Crippen LogP contribution < -0.4 is 11.1 Å². The van der Waals surface area contributed by atoms with Gasteiger partial charge in [-0.25, -0.2) is 4.98 Å². The third-order valence-corrected chi connectivity index (χ3v) is 2.91. The fourth-order valence-electron chi connectivity index (χ4n) is 1.90. The molecule has 0 aliphatic heterocycles. The summed E-state index contributed by atoms with van der Waals surface area (Å²) >= 11 is 0. The minimum Gasteiger partial charge on any atom is -0.396 e. The molecule has 19 heavy (non-hydrogen) atoms. The maximum Gasteiger partial charge on any atom is 0.277 e. The number of aryl methyl sites for hydroxylation is 1. The molecule has 3 N–H and O–H groups in total. The van der Waals surface area contributed by atoms with Crippen molar-refractivity contribution >= 4 is 22.9 Å². The van der Waals surface area contributed by atoms with E-state index in [1.54, 1.807) is 44.3 Å². The molecule has 0 atom stereocenters. The van der Waals surface area contributed by atoms with Crippen molar-refractivity contribution in [3.05, 3.63) is 51.7 Å². The monoisotopic (exact) mass is 258 g/mol. The molecule has 0 unspecified atom stereocenters. The molecule has 2 aromatic rings. The van der Waals surface area contributed by atoms with Crippen molar-refractivity contribution in [2.45, 2.75) is 13.8 Å². The fourth-order valence-corrected chi connectivity index (χ4v) is 1.90. The molecular formula is C13H14N4O2. The van der Waals surface area contributed by atoms with Gasteiger partial charge in [0.25, 0.3) is 5.69 Å². The topological polar surface area (TPSA) is 94.1 Å². The van der Waals surface area contributed by atoms with Crippen molar-refractivity contribution in [1.29, 1.82) is 0 Å². The number of nitro benzene ring substituents is 1. The van der Waals surface area contributed by atoms with Crippen molar-refractivity contribution < 1.29 is 4.92 Å². The number of nitrogen functional groups attached to an aromatic ring is 1. The zero-order valence-electron chi connectivity index (χ0n) is 10.7. The van der Waals surface area contributed by atoms with E-state index in [-0.39, 0.29) is 10.6 Å². The van der Waals surface area contributed by atoms with E-state index in [0.29, 0.717) is 28.3 Å². The van der Waals surface area contributed by atoms with E-state index < -0.39 is 0 Å². The van der Waals surface area contributed by atoms with E-state index in [4.69, 9.17) is 5.73 Å². The number of aromatic nitrogens is 1. The summed E-state index contributed by atoms with van der Waals surface area (Å²) in [5, 5.41) is 14.1. The van der Waals surface area contributed by atoms with Crippen LogP contribution in [0.5, 0.6) is 0 Å². The lowest BCUT2D eigenvalue weighted by Gasteiger charge is -2.11. The van der Waals surface area contributed by atoms with Crippen LogP contribution in [-0.4, -0.2) is 9.91 Å². The summed E-state index contributed by atoms with van der Waals surface area (Å²) in [6.07, 6.45) is 1.61. The second kappa shape index (κ2) is 4.93. The number of benzene rings is 1. The van der Waals surface area contributed by atoms with Gasteiger partial charge >= 0.3 is 0 Å². The standard InChI is InChI=1S/C13H14N4O2/c1-8-5-6-11(9(2)12(8)17(18)19)16-13-10(14)4-3-7-15-13/h3-7H,14H2,1-2H3,(H,15,16). The van der Waals surface area contributed by atoms with E-state index in [1.807, 2.05) is 0 Å². The van der Waals surface area contributed by atoms with Gasteiger partial charge in [0.15, 0.2) is 5.82 Å². The maximum atomic E-state index is 11.1. The van der Waals surface area contributed by atoms with Gasteiger partial charge in [-0.05, 0) is 32.0 Å². The number of pyridine rings is 1. The molecule has 6 nitrogen and oxygen atoms in total. The molecule has 6 heteroatoms. The minimum atomic E-state index is -0.377. The second-order valence-electron chi connectivity index (χ2n) is 4.23. The molecule has 0 saturated carbocycles. The molecule has 0 aliphatic carbocycles. The smallest absolute Gasteiger partial charge is 0.277 e. The van der Waals surface area contributed by atoms with Crippen LogP contribution in [0.2, 0.25) is 0 Å². The highest BCUT2D eigenvalue weighted by Gasteiger charge is 2.17. The van der Waals surface area contributed by atoms with E-state index in [2.05, 4.69) is 10.3 Å². The Morgan fingerprint density at radius 2 is 2.05 bits per heavy atom. The summed E-state index contributed by atoms with van der Waals surface area (Å²) in [5.74, 6) is 0.490. The molecule has 1 aromatic heterocycles. The third kappa shape index (κ3) is 2.47. The van der Waals surface area contributed by atoms with E-state index >= 15 is 0 Å². The van der Waals surface area contributed by atoms with Crippen LogP contribution in [0.3, 0.4) is 0 Å². The van der Waals surface area contributed by atoms with Gasteiger partial charge in [0.05, 0.1) is 16.2 Å². The van der Waals surface area contributed by atoms with Crippen LogP contribution >= 0.6 is 0 Å². The Bertz CT molecular complexity index is 641. The van der Waals surface area contributed by atoms with Crippen molar-refractivity contribution in [1.82, 2.24) is 4.98 Å². The zero-order chi connectivity index (χ0) is 14.0. The van der Waals surface area contributed by atoms with Crippen molar-refractivity contribution in [2.24, 2.45) is 0 Å². The predicted molar refractivity (Wildman–Crippen MR) is 74.5 cm³/mol. The number of nitro groups is 1. The highest BCUT2D eigenvalue weighted by atomic mass is 16.6. The Kier molecular flexibility index (Phi) is 3.33. The fraction of sp³-hybridized carbons (Fsp3) is 0.154. The van der Waals surface area contributed by atoms with Crippen LogP contribution in [0.4, 0.5) is 22.9 Å². The number of hydrogen-bond acceptors (Lipinski definition) is 5. The molecule has 2 rings (SSSR count). The van der Waals surface area contributed by atoms with Crippen LogP contribution in [-0.2, 0) is 0 Å². The first-order valence-electron chi connectivity index (χ1n) is 5.73. The van der Waals surface area contributed by atoms with Gasteiger partial charge in [-0.15, -0.1) is 0 Å². The number of nitrogens with one attached hydrogen (secondary N) is 1. The van der Waals surface area contributed by atoms with Gasteiger partial charge in [-0.1, -0.05) is 6.07 Å². The Hall–Kier alpha value is -2.63. The Morgan fingerprint density at radius 1 is 1.32 bits per heavy atom. The molecule has 0 fully saturated rings. The lowest BCUT2D eigenvalue weighted by Crippen LogP contribution is -2.02. The maximum absolute atomic E-state index is 11.1. The van der Waals surface area contributed by atoms with Crippen LogP contribution in [0, 0.1) is 24.0 Å². The van der Waals surface area contributed by atoms with Gasteiger partial charge in [-0.2, -0.15) is 0 Å². The molecule has 0 aliphatic rings. The minimum absolute atomic E-state index is 0.111. The Labute approximate surface area is 110 Å². The van der Waals surface area contributed by atoms with E-state index in [9.17, 15) is 10.1 Å². The van der Waals surface area contributed by atoms with E-state index in [0.717, 1.165) is 0 Å². The SMILES string of the molecule is Cc1ccc(Nc2ncccc2N)c(C)c1[N+](=O)[O-]. The second-order valence-corrected chi connectivity index (χ2v) is 4.23. The molecular weight excluding hydrogens is 244 g/mol. The van der Waals surface area contributed by atoms with Gasteiger partial charge in [0.2, 0.25) is 0 Å². The number of hydrogen-bond donors (Lipinski definition) is 2. The molecule has 1 heterocycles. The normalized spacial score (nSPS) is 10.2. The molecule has 1 aromatic carbocycles. The summed E-state index contributed by atoms with van der Waals surface area (Å²) < 4.78 is 0. The Morgan fingerprint density at radius 3 is 2.68 bits per heavy atom. The van der Waals surface area contributed by atoms with Crippen molar-refractivity contribution in [3.63, 3.8) is 0 Å². The highest BCUT2D eigenvalue weighted by Crippen LogP contribution is 2.31. The highest BCUT2D eigenvalue weighted by molar-refractivity contribution is 5.73. The molecule has 98 valence electrons. The first-order chi connectivity index (χ1) is 9.00. The van der Waals surface area contributed by atoms with Gasteiger partial charge < -0.3 is 11.1 Å². The largest absolute Gasteiger partial charge is 0.396 e. The average Bonchev–Trinajstić information content (AvgIpc) is 2.35. The average molecular weight is 258 g/mol. The van der Waals surface area contributed by atoms with Crippen LogP contribution in [0.1, 0.15) is 11.1 Å². The number of anilines is 3. The summed E-state index contributed by atoms with van der Waals surface area (Å²) in [7, 11) is 0. The first kappa shape index (κ1) is 12.8. The van der Waals surface area contributed by atoms with Gasteiger partial charge in [0.1, 0.15) is 0 Å². The van der Waals surface area contributed by atoms with E-state index in [1.165, 1.54) is 0 Å². The summed E-state index contributed by atoms with van der Waals surface area (Å²) in [4.78, 5) is 14.8. The molecule has 0 spiro atoms. The van der Waals surface area contributed by atoms with Crippen molar-refractivity contribution in [3.8, 4) is 0 Å². The summed E-state index contributed by atoms with van der Waals surface area (Å²) in [6, 6.07) is 6.93. The number of rotatable bonds is 3. The zero-order valence-corrected chi connectivity index (χ0v) is 10.7. The van der Waals surface area contributed by atoms with Gasteiger partial charge in [-0.3, -0.25) is 10.1 Å². The quantitative estimate of drug-likeness (QED) is 0.652. The Balaban J connectivity index is 2.45. The number of nitrogens with zero attached hydrogens (tertiary/aromatic N) is 2. The van der Waals surface area contributed by atoms with Crippen LogP contribution in [0.15, 0.2) is 30.5 Å². The first-order valence-corrected chi connectivity index (χ1v) is 5.73. The lowest BCUT2D eigenvalue weighted by atomic mass is 10.1. The lowest BCUT2D eigenvalue weighted by molar-refractivity contribution is -0.386. The van der Waals surface area contributed by atoms with Crippen molar-refractivity contribution in [2.75, 3.05) is 11.1 Å². The third-order valence-electron chi connectivity index (χ3n) is 2.91. The molecule has 0 saturated heterocycles. The molecule has 0 radical (unpaired) electrons. The van der Waals surface area contributed by atoms with Gasteiger partial charge in [0, 0.05) is 17.4 Å².